The molecule has 0 aromatic heterocycles. The Balaban J connectivity index is 2.47. The van der Waals surface area contributed by atoms with Gasteiger partial charge in [-0.1, -0.05) is 23.7 Å². The van der Waals surface area contributed by atoms with E-state index in [1.54, 1.807) is 13.8 Å². The van der Waals surface area contributed by atoms with Crippen LogP contribution in [0.5, 0.6) is 0 Å². The van der Waals surface area contributed by atoms with Crippen molar-refractivity contribution in [1.29, 1.82) is 0 Å². The highest BCUT2D eigenvalue weighted by atomic mass is 35.5. The van der Waals surface area contributed by atoms with Crippen LogP contribution in [0.2, 0.25) is 5.02 Å². The lowest BCUT2D eigenvalue weighted by atomic mass is 10.1. The van der Waals surface area contributed by atoms with Crippen molar-refractivity contribution in [2.75, 3.05) is 17.1 Å². The molecule has 0 saturated heterocycles. The first-order valence-corrected chi connectivity index (χ1v) is 12.9. The smallest absolute Gasteiger partial charge is 0.352 e. The summed E-state index contributed by atoms with van der Waals surface area (Å²) in [6.45, 7) is 3.77. The van der Waals surface area contributed by atoms with E-state index in [4.69, 9.17) is 11.6 Å². The van der Waals surface area contributed by atoms with Gasteiger partial charge in [0.05, 0.1) is 22.5 Å². The molecule has 0 bridgehead atoms. The fourth-order valence-corrected chi connectivity index (χ4v) is 4.34. The summed E-state index contributed by atoms with van der Waals surface area (Å²) in [6, 6.07) is 6.24. The van der Waals surface area contributed by atoms with Crippen LogP contribution < -0.4 is 9.62 Å². The topological polar surface area (TPSA) is 86.8 Å². The van der Waals surface area contributed by atoms with Crippen LogP contribution in [0.15, 0.2) is 42.5 Å². The van der Waals surface area contributed by atoms with E-state index >= 15 is 0 Å². The molecule has 2 amide bonds. The molecule has 1 atom stereocenters. The summed E-state index contributed by atoms with van der Waals surface area (Å²) < 4.78 is 78.9. The normalized spacial score (nSPS) is 12.8. The monoisotopic (exact) mass is 551 g/mol. The molecule has 0 spiro atoms. The van der Waals surface area contributed by atoms with E-state index in [2.05, 4.69) is 5.32 Å². The van der Waals surface area contributed by atoms with Gasteiger partial charge in [0, 0.05) is 12.6 Å². The standard InChI is InChI=1S/C23H26ClF4N3O4S/c1-14(2)29-22(33)15(3)30(12-16-5-7-17(25)8-6-16)21(32)13-31(36(4,34)35)18-9-10-20(24)19(11-18)23(26,27)28/h5-11,14-15H,12-13H2,1-4H3,(H,29,33)/t15-/m1/s1. The number of anilines is 1. The van der Waals surface area contributed by atoms with Gasteiger partial charge in [0.2, 0.25) is 21.8 Å². The summed E-state index contributed by atoms with van der Waals surface area (Å²) in [5, 5.41) is 2.02. The zero-order chi connectivity index (χ0) is 27.4. The van der Waals surface area contributed by atoms with E-state index in [0.717, 1.165) is 35.4 Å². The second-order valence-electron chi connectivity index (χ2n) is 8.42. The minimum atomic E-state index is -4.86. The number of carbonyl (C=O) groups excluding carboxylic acids is 2. The lowest BCUT2D eigenvalue weighted by molar-refractivity contribution is -0.139. The Labute approximate surface area is 212 Å². The first kappa shape index (κ1) is 29.4. The lowest BCUT2D eigenvalue weighted by Crippen LogP contribution is -2.52. The fourth-order valence-electron chi connectivity index (χ4n) is 3.27. The second-order valence-corrected chi connectivity index (χ2v) is 10.7. The highest BCUT2D eigenvalue weighted by Crippen LogP contribution is 2.37. The van der Waals surface area contributed by atoms with Crippen LogP contribution in [0.25, 0.3) is 0 Å². The van der Waals surface area contributed by atoms with Gasteiger partial charge in [-0.2, -0.15) is 13.2 Å². The van der Waals surface area contributed by atoms with Crippen molar-refractivity contribution >= 4 is 39.1 Å². The van der Waals surface area contributed by atoms with Gasteiger partial charge < -0.3 is 10.2 Å². The minimum Gasteiger partial charge on any atom is -0.352 e. The second kappa shape index (κ2) is 11.5. The van der Waals surface area contributed by atoms with Crippen molar-refractivity contribution in [3.63, 3.8) is 0 Å². The van der Waals surface area contributed by atoms with Crippen LogP contribution >= 0.6 is 11.6 Å². The Bertz CT molecular complexity index is 1200. The maximum Gasteiger partial charge on any atom is 0.417 e. The summed E-state index contributed by atoms with van der Waals surface area (Å²) in [5.41, 5.74) is -1.25. The minimum absolute atomic E-state index is 0.183. The molecule has 0 unspecified atom stereocenters. The number of hydrogen-bond acceptors (Lipinski definition) is 4. The highest BCUT2D eigenvalue weighted by molar-refractivity contribution is 7.92. The molecule has 2 aromatic carbocycles. The lowest BCUT2D eigenvalue weighted by Gasteiger charge is -2.32. The summed E-state index contributed by atoms with van der Waals surface area (Å²) in [7, 11) is -4.24. The first-order valence-electron chi connectivity index (χ1n) is 10.7. The van der Waals surface area contributed by atoms with E-state index in [0.29, 0.717) is 15.9 Å². The number of nitrogens with one attached hydrogen (secondary N) is 1. The van der Waals surface area contributed by atoms with Gasteiger partial charge in [-0.05, 0) is 56.7 Å². The number of rotatable bonds is 9. The van der Waals surface area contributed by atoms with E-state index in [-0.39, 0.29) is 12.6 Å². The molecular formula is C23H26ClF4N3O4S. The number of carbonyl (C=O) groups is 2. The molecule has 2 rings (SSSR count). The molecular weight excluding hydrogens is 526 g/mol. The van der Waals surface area contributed by atoms with Crippen molar-refractivity contribution in [1.82, 2.24) is 10.2 Å². The zero-order valence-electron chi connectivity index (χ0n) is 19.9. The maximum absolute atomic E-state index is 13.4. The molecule has 13 heteroatoms. The summed E-state index contributed by atoms with van der Waals surface area (Å²) in [6.07, 6.45) is -4.13. The van der Waals surface area contributed by atoms with Gasteiger partial charge in [0.15, 0.2) is 0 Å². The van der Waals surface area contributed by atoms with E-state index < -0.39 is 62.7 Å². The van der Waals surface area contributed by atoms with Gasteiger partial charge in [-0.3, -0.25) is 13.9 Å². The van der Waals surface area contributed by atoms with Crippen molar-refractivity contribution in [3.05, 3.63) is 64.4 Å². The maximum atomic E-state index is 13.4. The van der Waals surface area contributed by atoms with E-state index in [1.165, 1.54) is 19.1 Å². The number of alkyl halides is 3. The quantitative estimate of drug-likeness (QED) is 0.473. The SMILES string of the molecule is CC(C)NC(=O)[C@@H](C)N(Cc1ccc(F)cc1)C(=O)CN(c1ccc(Cl)c(C(F)(F)F)c1)S(C)(=O)=O. The van der Waals surface area contributed by atoms with Crippen LogP contribution in [0.1, 0.15) is 31.9 Å². The molecule has 1 N–H and O–H groups in total. The number of amides is 2. The van der Waals surface area contributed by atoms with Crippen LogP contribution in [0.3, 0.4) is 0 Å². The van der Waals surface area contributed by atoms with E-state index in [9.17, 15) is 35.6 Å². The van der Waals surface area contributed by atoms with Gasteiger partial charge in [-0.15, -0.1) is 0 Å². The Kier molecular flexibility index (Phi) is 9.35. The van der Waals surface area contributed by atoms with Crippen molar-refractivity contribution in [2.45, 2.75) is 45.6 Å². The third-order valence-electron chi connectivity index (χ3n) is 5.09. The Morgan fingerprint density at radius 3 is 2.14 bits per heavy atom. The van der Waals surface area contributed by atoms with Crippen LogP contribution in [0.4, 0.5) is 23.2 Å². The fraction of sp³-hybridized carbons (Fsp3) is 0.391. The Morgan fingerprint density at radius 2 is 1.64 bits per heavy atom. The highest BCUT2D eigenvalue weighted by Gasteiger charge is 2.35. The third-order valence-corrected chi connectivity index (χ3v) is 6.56. The first-order chi connectivity index (χ1) is 16.5. The van der Waals surface area contributed by atoms with Crippen molar-refractivity contribution < 1.29 is 35.6 Å². The number of benzene rings is 2. The van der Waals surface area contributed by atoms with Gasteiger partial charge in [0.1, 0.15) is 18.4 Å². The predicted octanol–water partition coefficient (Wildman–Crippen LogP) is 4.21. The Hall–Kier alpha value is -2.86. The third kappa shape index (κ3) is 7.82. The molecule has 0 saturated carbocycles. The molecule has 0 fully saturated rings. The summed E-state index contributed by atoms with van der Waals surface area (Å²) in [4.78, 5) is 27.1. The average molecular weight is 552 g/mol. The molecule has 0 radical (unpaired) electrons. The largest absolute Gasteiger partial charge is 0.417 e. The molecule has 0 aliphatic carbocycles. The Morgan fingerprint density at radius 1 is 1.06 bits per heavy atom. The number of halogens is 5. The van der Waals surface area contributed by atoms with Crippen molar-refractivity contribution in [3.8, 4) is 0 Å². The predicted molar refractivity (Wildman–Crippen MR) is 128 cm³/mol. The van der Waals surface area contributed by atoms with Crippen LogP contribution in [-0.4, -0.2) is 50.0 Å². The molecule has 0 aliphatic rings. The molecule has 36 heavy (non-hydrogen) atoms. The summed E-state index contributed by atoms with van der Waals surface area (Å²) >= 11 is 5.64. The van der Waals surface area contributed by atoms with E-state index in [1.807, 2.05) is 0 Å². The summed E-state index contributed by atoms with van der Waals surface area (Å²) in [5.74, 6) is -1.91. The van der Waals surface area contributed by atoms with Gasteiger partial charge in [-0.25, -0.2) is 12.8 Å². The van der Waals surface area contributed by atoms with Crippen LogP contribution in [-0.2, 0) is 32.3 Å². The number of sulfonamides is 1. The molecule has 0 aliphatic heterocycles. The molecule has 198 valence electrons. The molecule has 7 nitrogen and oxygen atoms in total. The molecule has 2 aromatic rings. The van der Waals surface area contributed by atoms with Crippen molar-refractivity contribution in [2.24, 2.45) is 0 Å². The average Bonchev–Trinajstić information content (AvgIpc) is 2.75. The van der Waals surface area contributed by atoms with Gasteiger partial charge >= 0.3 is 6.18 Å². The number of hydrogen-bond donors (Lipinski definition) is 1. The number of nitrogens with zero attached hydrogens (tertiary/aromatic N) is 2. The van der Waals surface area contributed by atoms with Gasteiger partial charge in [0.25, 0.3) is 0 Å². The zero-order valence-corrected chi connectivity index (χ0v) is 21.5. The van der Waals surface area contributed by atoms with Crippen LogP contribution in [0, 0.1) is 5.82 Å². The molecule has 0 heterocycles.